The van der Waals surface area contributed by atoms with Gasteiger partial charge < -0.3 is 21.1 Å². The molecule has 0 aliphatic carbocycles. The summed E-state index contributed by atoms with van der Waals surface area (Å²) < 4.78 is 0. The highest BCUT2D eigenvalue weighted by Gasteiger charge is 2.38. The zero-order valence-corrected chi connectivity index (χ0v) is 18.8. The second kappa shape index (κ2) is 10.6. The Bertz CT molecular complexity index is 949. The second-order valence-electron chi connectivity index (χ2n) is 7.97. The van der Waals surface area contributed by atoms with Crippen LogP contribution in [0.1, 0.15) is 29.9 Å². The van der Waals surface area contributed by atoms with Gasteiger partial charge in [-0.2, -0.15) is 0 Å². The highest BCUT2D eigenvalue weighted by Crippen LogP contribution is 2.41. The van der Waals surface area contributed by atoms with Gasteiger partial charge in [-0.3, -0.25) is 4.79 Å². The van der Waals surface area contributed by atoms with E-state index >= 15 is 0 Å². The summed E-state index contributed by atoms with van der Waals surface area (Å²) in [5.41, 5.74) is 4.51. The fourth-order valence-electron chi connectivity index (χ4n) is 4.08. The molecule has 0 amide bonds. The molecule has 0 fully saturated rings. The van der Waals surface area contributed by atoms with E-state index < -0.39 is 11.0 Å². The summed E-state index contributed by atoms with van der Waals surface area (Å²) in [6.45, 7) is 1.74. The molecule has 0 atom stereocenters. The van der Waals surface area contributed by atoms with E-state index in [1.165, 1.54) is 11.1 Å². The Morgan fingerprint density at radius 2 is 1.41 bits per heavy atom. The van der Waals surface area contributed by atoms with E-state index in [1.807, 2.05) is 36.4 Å². The van der Waals surface area contributed by atoms with E-state index in [2.05, 4.69) is 64.5 Å². The van der Waals surface area contributed by atoms with Crippen LogP contribution in [-0.4, -0.2) is 34.9 Å². The Hall–Kier alpha value is -2.96. The Morgan fingerprint density at radius 1 is 0.875 bits per heavy atom. The maximum Gasteiger partial charge on any atom is 0.308 e. The topological polar surface area (TPSA) is 73.4 Å². The van der Waals surface area contributed by atoms with E-state index in [1.54, 1.807) is 11.8 Å². The minimum absolute atomic E-state index is 0.00383. The normalized spacial score (nSPS) is 13.9. The quantitative estimate of drug-likeness (QED) is 0.303. The van der Waals surface area contributed by atoms with Gasteiger partial charge in [-0.1, -0.05) is 72.8 Å². The van der Waals surface area contributed by atoms with Crippen molar-refractivity contribution in [3.8, 4) is 0 Å². The van der Waals surface area contributed by atoms with Crippen LogP contribution < -0.4 is 16.0 Å². The molecule has 0 aromatic heterocycles. The Labute approximate surface area is 193 Å². The Morgan fingerprint density at radius 3 is 1.94 bits per heavy atom. The average molecular weight is 448 g/mol. The molecule has 0 unspecified atom stereocenters. The van der Waals surface area contributed by atoms with Crippen LogP contribution in [0.3, 0.4) is 0 Å². The first-order valence-electron chi connectivity index (χ1n) is 11.0. The van der Waals surface area contributed by atoms with Crippen LogP contribution in [0, 0.1) is 0 Å². The lowest BCUT2D eigenvalue weighted by molar-refractivity contribution is -0.137. The molecule has 3 aromatic carbocycles. The number of fused-ring (bicyclic) bond motifs is 1. The van der Waals surface area contributed by atoms with Crippen molar-refractivity contribution < 1.29 is 9.90 Å². The molecule has 166 valence electrons. The van der Waals surface area contributed by atoms with Gasteiger partial charge >= 0.3 is 5.97 Å². The molecular formula is C26H29N3O2S. The number of carboxylic acids is 1. The van der Waals surface area contributed by atoms with Crippen molar-refractivity contribution in [3.63, 3.8) is 0 Å². The summed E-state index contributed by atoms with van der Waals surface area (Å²) in [6.07, 6.45) is 0.950. The van der Waals surface area contributed by atoms with Gasteiger partial charge in [-0.05, 0) is 42.0 Å². The third-order valence-electron chi connectivity index (χ3n) is 5.60. The van der Waals surface area contributed by atoms with Gasteiger partial charge in [0.25, 0.3) is 0 Å². The van der Waals surface area contributed by atoms with Crippen LogP contribution in [0.4, 0.5) is 11.4 Å². The van der Waals surface area contributed by atoms with Gasteiger partial charge in [-0.15, -0.1) is 11.8 Å². The lowest BCUT2D eigenvalue weighted by Crippen LogP contribution is -2.41. The minimum Gasteiger partial charge on any atom is -0.481 e. The summed E-state index contributed by atoms with van der Waals surface area (Å²) in [5.74, 6) is 0.323. The second-order valence-corrected chi connectivity index (χ2v) is 9.37. The summed E-state index contributed by atoms with van der Waals surface area (Å²) in [5, 5.41) is 19.8. The van der Waals surface area contributed by atoms with Crippen LogP contribution in [-0.2, 0) is 4.79 Å². The molecule has 32 heavy (non-hydrogen) atoms. The van der Waals surface area contributed by atoms with E-state index in [9.17, 15) is 9.90 Å². The number of hydrogen-bond acceptors (Lipinski definition) is 5. The highest BCUT2D eigenvalue weighted by molar-refractivity contribution is 8.00. The van der Waals surface area contributed by atoms with E-state index in [0.717, 1.165) is 36.6 Å². The van der Waals surface area contributed by atoms with E-state index in [-0.39, 0.29) is 6.42 Å². The Kier molecular flexibility index (Phi) is 7.35. The van der Waals surface area contributed by atoms with Crippen molar-refractivity contribution in [2.75, 3.05) is 29.5 Å². The lowest BCUT2D eigenvalue weighted by atomic mass is 9.91. The average Bonchev–Trinajstić information content (AvgIpc) is 3.17. The smallest absolute Gasteiger partial charge is 0.308 e. The van der Waals surface area contributed by atoms with Gasteiger partial charge in [-0.25, -0.2) is 0 Å². The third-order valence-corrected chi connectivity index (χ3v) is 6.93. The number of nitrogens with one attached hydrogen (secondary N) is 3. The van der Waals surface area contributed by atoms with Gasteiger partial charge in [0, 0.05) is 12.5 Å². The minimum atomic E-state index is -0.822. The van der Waals surface area contributed by atoms with Crippen molar-refractivity contribution in [2.24, 2.45) is 0 Å². The van der Waals surface area contributed by atoms with E-state index in [4.69, 9.17) is 0 Å². The first-order valence-corrected chi connectivity index (χ1v) is 12.0. The molecule has 0 saturated heterocycles. The maximum atomic E-state index is 11.5. The van der Waals surface area contributed by atoms with Gasteiger partial charge in [0.2, 0.25) is 0 Å². The predicted octanol–water partition coefficient (Wildman–Crippen LogP) is 5.20. The summed E-state index contributed by atoms with van der Waals surface area (Å²) in [7, 11) is 0. The zero-order valence-electron chi connectivity index (χ0n) is 18.0. The molecule has 0 saturated carbocycles. The molecule has 4 N–H and O–H groups in total. The largest absolute Gasteiger partial charge is 0.481 e. The standard InChI is InChI=1S/C26H29N3O2S/c30-25(31)18-26(28-23-14-7-8-15-24(23)29-26)32-17-9-16-27-19-22(20-10-3-1-4-11-20)21-12-5-2-6-13-21/h1-8,10-15,22,27-29H,9,16-19H2,(H,30,31). The fourth-order valence-corrected chi connectivity index (χ4v) is 5.31. The highest BCUT2D eigenvalue weighted by atomic mass is 32.2. The molecule has 0 spiro atoms. The van der Waals surface area contributed by atoms with Gasteiger partial charge in [0.15, 0.2) is 4.99 Å². The first-order chi connectivity index (χ1) is 15.7. The summed E-state index contributed by atoms with van der Waals surface area (Å²) in [6, 6.07) is 29.0. The van der Waals surface area contributed by atoms with Crippen LogP contribution in [0.15, 0.2) is 84.9 Å². The molecule has 1 aliphatic rings. The number of thioether (sulfide) groups is 1. The molecule has 6 heteroatoms. The number of carbonyl (C=O) groups is 1. The molecule has 0 radical (unpaired) electrons. The zero-order chi connectivity index (χ0) is 22.2. The molecule has 4 rings (SSSR count). The molecule has 3 aromatic rings. The lowest BCUT2D eigenvalue weighted by Gasteiger charge is -2.28. The number of aliphatic carboxylic acids is 1. The number of benzene rings is 3. The van der Waals surface area contributed by atoms with Crippen LogP contribution in [0.2, 0.25) is 0 Å². The maximum absolute atomic E-state index is 11.5. The third kappa shape index (κ3) is 5.64. The van der Waals surface area contributed by atoms with Crippen LogP contribution in [0.5, 0.6) is 0 Å². The fraction of sp³-hybridized carbons (Fsp3) is 0.269. The summed E-state index contributed by atoms with van der Waals surface area (Å²) >= 11 is 1.62. The number of para-hydroxylation sites is 2. The molecule has 5 nitrogen and oxygen atoms in total. The predicted molar refractivity (Wildman–Crippen MR) is 133 cm³/mol. The van der Waals surface area contributed by atoms with Crippen molar-refractivity contribution in [2.45, 2.75) is 23.8 Å². The molecule has 0 bridgehead atoms. The molecule has 1 heterocycles. The Balaban J connectivity index is 1.29. The number of hydrogen-bond donors (Lipinski definition) is 4. The molecular weight excluding hydrogens is 418 g/mol. The van der Waals surface area contributed by atoms with Gasteiger partial charge in [0.1, 0.15) is 0 Å². The molecule has 1 aliphatic heterocycles. The van der Waals surface area contributed by atoms with Crippen molar-refractivity contribution >= 4 is 29.1 Å². The van der Waals surface area contributed by atoms with E-state index in [0.29, 0.717) is 5.92 Å². The van der Waals surface area contributed by atoms with Gasteiger partial charge in [0.05, 0.1) is 17.8 Å². The first kappa shape index (κ1) is 22.2. The SMILES string of the molecule is O=C(O)CC1(SCCCNCC(c2ccccc2)c2ccccc2)Nc2ccccc2N1. The van der Waals surface area contributed by atoms with Crippen LogP contribution >= 0.6 is 11.8 Å². The number of carboxylic acid groups (broad SMARTS) is 1. The monoisotopic (exact) mass is 447 g/mol. The summed E-state index contributed by atoms with van der Waals surface area (Å²) in [4.78, 5) is 10.8. The van der Waals surface area contributed by atoms with Crippen molar-refractivity contribution in [3.05, 3.63) is 96.1 Å². The number of rotatable bonds is 11. The van der Waals surface area contributed by atoms with Crippen molar-refractivity contribution in [1.82, 2.24) is 5.32 Å². The van der Waals surface area contributed by atoms with Crippen molar-refractivity contribution in [1.29, 1.82) is 0 Å². The van der Waals surface area contributed by atoms with Crippen LogP contribution in [0.25, 0.3) is 0 Å². The number of anilines is 2.